The summed E-state index contributed by atoms with van der Waals surface area (Å²) >= 11 is 0. The molecule has 1 heterocycles. The second-order valence-corrected chi connectivity index (χ2v) is 5.03. The van der Waals surface area contributed by atoms with E-state index in [1.807, 2.05) is 12.1 Å². The van der Waals surface area contributed by atoms with Crippen LogP contribution >= 0.6 is 0 Å². The second kappa shape index (κ2) is 5.14. The summed E-state index contributed by atoms with van der Waals surface area (Å²) in [6.07, 6.45) is 0. The van der Waals surface area contributed by atoms with Gasteiger partial charge in [0.25, 0.3) is 0 Å². The van der Waals surface area contributed by atoms with Crippen LogP contribution in [0.2, 0.25) is 0 Å². The van der Waals surface area contributed by atoms with E-state index in [1.165, 1.54) is 5.39 Å². The van der Waals surface area contributed by atoms with Gasteiger partial charge in [-0.3, -0.25) is 0 Å². The quantitative estimate of drug-likeness (QED) is 0.857. The maximum atomic E-state index is 9.11. The molecule has 1 atom stereocenters. The molecule has 3 nitrogen and oxygen atoms in total. The number of para-hydroxylation sites is 1. The summed E-state index contributed by atoms with van der Waals surface area (Å²) in [4.78, 5) is 3.35. The zero-order valence-corrected chi connectivity index (χ0v) is 11.1. The topological polar surface area (TPSA) is 51.6 Å². The predicted octanol–water partition coefficient (Wildman–Crippen LogP) is 3.68. The smallest absolute Gasteiger partial charge is 0.0677 e. The van der Waals surface area contributed by atoms with E-state index in [9.17, 15) is 0 Å². The molecule has 0 amide bonds. The number of nitrogens with zero attached hydrogens (tertiary/aromatic N) is 1. The molecule has 1 aromatic heterocycles. The van der Waals surface area contributed by atoms with Crippen molar-refractivity contribution in [3.63, 3.8) is 0 Å². The van der Waals surface area contributed by atoms with Crippen LogP contribution < -0.4 is 5.32 Å². The highest BCUT2D eigenvalue weighted by Gasteiger charge is 2.14. The molecule has 0 saturated carbocycles. The van der Waals surface area contributed by atoms with Gasteiger partial charge in [0.15, 0.2) is 0 Å². The molecular weight excluding hydrogens is 222 g/mol. The Morgan fingerprint density at radius 2 is 2.06 bits per heavy atom. The lowest BCUT2D eigenvalue weighted by atomic mass is 9.97. The van der Waals surface area contributed by atoms with Crippen molar-refractivity contribution in [2.75, 3.05) is 11.9 Å². The molecular formula is C15H19N3. The number of nitriles is 1. The normalized spacial score (nSPS) is 12.6. The van der Waals surface area contributed by atoms with E-state index in [-0.39, 0.29) is 5.92 Å². The molecule has 0 spiro atoms. The van der Waals surface area contributed by atoms with Gasteiger partial charge in [0.05, 0.1) is 17.7 Å². The third-order valence-corrected chi connectivity index (χ3v) is 3.36. The molecule has 0 aliphatic rings. The molecule has 0 radical (unpaired) electrons. The number of benzene rings is 1. The summed E-state index contributed by atoms with van der Waals surface area (Å²) in [5.41, 5.74) is 3.37. The number of rotatable bonds is 4. The predicted molar refractivity (Wildman–Crippen MR) is 75.5 cm³/mol. The van der Waals surface area contributed by atoms with E-state index in [0.717, 1.165) is 16.9 Å². The van der Waals surface area contributed by atoms with Gasteiger partial charge in [-0.2, -0.15) is 5.26 Å². The zero-order valence-electron chi connectivity index (χ0n) is 11.1. The number of anilines is 1. The van der Waals surface area contributed by atoms with E-state index in [2.05, 4.69) is 49.3 Å². The Labute approximate surface area is 108 Å². The van der Waals surface area contributed by atoms with Crippen molar-refractivity contribution >= 4 is 16.6 Å². The molecule has 0 aliphatic carbocycles. The highest BCUT2D eigenvalue weighted by Crippen LogP contribution is 2.27. The maximum Gasteiger partial charge on any atom is 0.0677 e. The first kappa shape index (κ1) is 12.5. The maximum absolute atomic E-state index is 9.11. The average molecular weight is 241 g/mol. The summed E-state index contributed by atoms with van der Waals surface area (Å²) in [6, 6.07) is 10.6. The molecule has 2 aromatic rings. The van der Waals surface area contributed by atoms with E-state index in [1.54, 1.807) is 0 Å². The van der Waals surface area contributed by atoms with Crippen molar-refractivity contribution in [1.29, 1.82) is 5.26 Å². The molecule has 18 heavy (non-hydrogen) atoms. The van der Waals surface area contributed by atoms with E-state index in [4.69, 9.17) is 5.26 Å². The van der Waals surface area contributed by atoms with Gasteiger partial charge in [-0.1, -0.05) is 32.0 Å². The van der Waals surface area contributed by atoms with Gasteiger partial charge in [-0.05, 0) is 18.9 Å². The van der Waals surface area contributed by atoms with Gasteiger partial charge in [-0.15, -0.1) is 0 Å². The van der Waals surface area contributed by atoms with Crippen LogP contribution in [0.5, 0.6) is 0 Å². The Hall–Kier alpha value is -1.95. The van der Waals surface area contributed by atoms with E-state index >= 15 is 0 Å². The van der Waals surface area contributed by atoms with Crippen molar-refractivity contribution in [3.8, 4) is 6.07 Å². The fourth-order valence-corrected chi connectivity index (χ4v) is 2.15. The number of hydrogen-bond acceptors (Lipinski definition) is 2. The van der Waals surface area contributed by atoms with Gasteiger partial charge in [-0.25, -0.2) is 0 Å². The number of H-pyrrole nitrogens is 1. The molecule has 2 N–H and O–H groups in total. The molecule has 0 aliphatic heterocycles. The van der Waals surface area contributed by atoms with Crippen LogP contribution in [-0.4, -0.2) is 11.5 Å². The fourth-order valence-electron chi connectivity index (χ4n) is 2.15. The van der Waals surface area contributed by atoms with Gasteiger partial charge >= 0.3 is 0 Å². The zero-order chi connectivity index (χ0) is 13.1. The standard InChI is InChI=1S/C15H19N3/c1-10(2)12(8-16)9-17-15-11(3)18-14-7-5-4-6-13(14)15/h4-7,10,12,17-18H,9H2,1-3H3. The molecule has 2 rings (SSSR count). The summed E-state index contributed by atoms with van der Waals surface area (Å²) in [6.45, 7) is 6.91. The molecule has 94 valence electrons. The van der Waals surface area contributed by atoms with Gasteiger partial charge in [0.1, 0.15) is 0 Å². The van der Waals surface area contributed by atoms with Gasteiger partial charge < -0.3 is 10.3 Å². The Morgan fingerprint density at radius 1 is 1.33 bits per heavy atom. The highest BCUT2D eigenvalue weighted by molar-refractivity contribution is 5.94. The van der Waals surface area contributed by atoms with Gasteiger partial charge in [0.2, 0.25) is 0 Å². The minimum Gasteiger partial charge on any atom is -0.382 e. The minimum absolute atomic E-state index is 0.0399. The van der Waals surface area contributed by atoms with Crippen LogP contribution in [0, 0.1) is 30.1 Å². The van der Waals surface area contributed by atoms with Crippen molar-refractivity contribution in [2.24, 2.45) is 11.8 Å². The third-order valence-electron chi connectivity index (χ3n) is 3.36. The lowest BCUT2D eigenvalue weighted by molar-refractivity contribution is 0.496. The summed E-state index contributed by atoms with van der Waals surface area (Å²) in [5.74, 6) is 0.408. The van der Waals surface area contributed by atoms with Crippen LogP contribution in [-0.2, 0) is 0 Å². The summed E-state index contributed by atoms with van der Waals surface area (Å²) < 4.78 is 0. The van der Waals surface area contributed by atoms with Crippen LogP contribution in [0.15, 0.2) is 24.3 Å². The lowest BCUT2D eigenvalue weighted by Gasteiger charge is -2.14. The highest BCUT2D eigenvalue weighted by atomic mass is 14.9. The molecule has 3 heteroatoms. The Balaban J connectivity index is 2.22. The third kappa shape index (κ3) is 2.33. The minimum atomic E-state index is 0.0399. The second-order valence-electron chi connectivity index (χ2n) is 5.03. The van der Waals surface area contributed by atoms with Crippen molar-refractivity contribution in [1.82, 2.24) is 4.98 Å². The van der Waals surface area contributed by atoms with Crippen molar-refractivity contribution < 1.29 is 0 Å². The van der Waals surface area contributed by atoms with E-state index in [0.29, 0.717) is 12.5 Å². The van der Waals surface area contributed by atoms with E-state index < -0.39 is 0 Å². The fraction of sp³-hybridized carbons (Fsp3) is 0.400. The number of fused-ring (bicyclic) bond motifs is 1. The van der Waals surface area contributed by atoms with Crippen LogP contribution in [0.4, 0.5) is 5.69 Å². The molecule has 1 unspecified atom stereocenters. The number of hydrogen-bond donors (Lipinski definition) is 2. The number of aromatic amines is 1. The van der Waals surface area contributed by atoms with Crippen molar-refractivity contribution in [2.45, 2.75) is 20.8 Å². The first-order valence-electron chi connectivity index (χ1n) is 6.34. The number of nitrogens with one attached hydrogen (secondary N) is 2. The van der Waals surface area contributed by atoms with Crippen molar-refractivity contribution in [3.05, 3.63) is 30.0 Å². The van der Waals surface area contributed by atoms with Crippen LogP contribution in [0.25, 0.3) is 10.9 Å². The average Bonchev–Trinajstić information content (AvgIpc) is 2.66. The summed E-state index contributed by atoms with van der Waals surface area (Å²) in [7, 11) is 0. The molecule has 0 saturated heterocycles. The molecule has 0 bridgehead atoms. The largest absolute Gasteiger partial charge is 0.382 e. The van der Waals surface area contributed by atoms with Gasteiger partial charge in [0, 0.05) is 23.1 Å². The first-order valence-corrected chi connectivity index (χ1v) is 6.34. The number of aryl methyl sites for hydroxylation is 1. The Kier molecular flexibility index (Phi) is 3.57. The first-order chi connectivity index (χ1) is 8.63. The Bertz CT molecular complexity index is 575. The SMILES string of the molecule is Cc1[nH]c2ccccc2c1NCC(C#N)C(C)C. The Morgan fingerprint density at radius 3 is 2.72 bits per heavy atom. The monoisotopic (exact) mass is 241 g/mol. The molecule has 0 fully saturated rings. The van der Waals surface area contributed by atoms with Crippen LogP contribution in [0.1, 0.15) is 19.5 Å². The lowest BCUT2D eigenvalue weighted by Crippen LogP contribution is -2.18. The molecule has 1 aromatic carbocycles. The summed E-state index contributed by atoms with van der Waals surface area (Å²) in [5, 5.41) is 13.7. The number of aromatic nitrogens is 1. The van der Waals surface area contributed by atoms with Crippen LogP contribution in [0.3, 0.4) is 0 Å².